The summed E-state index contributed by atoms with van der Waals surface area (Å²) in [5, 5.41) is 10.7. The van der Waals surface area contributed by atoms with Crippen LogP contribution in [0.2, 0.25) is 0 Å². The maximum atomic E-state index is 5.35. The van der Waals surface area contributed by atoms with E-state index in [9.17, 15) is 0 Å². The Morgan fingerprint density at radius 3 is 2.50 bits per heavy atom. The number of guanidine groups is 1. The molecule has 28 heavy (non-hydrogen) atoms. The Hall–Kier alpha value is -1.61. The van der Waals surface area contributed by atoms with Gasteiger partial charge in [0.25, 0.3) is 0 Å². The lowest BCUT2D eigenvalue weighted by Crippen LogP contribution is -2.39. The zero-order valence-electron chi connectivity index (χ0n) is 17.6. The average Bonchev–Trinajstić information content (AvgIpc) is 3.14. The molecule has 0 amide bonds. The molecule has 156 valence electrons. The Morgan fingerprint density at radius 2 is 1.89 bits per heavy atom. The van der Waals surface area contributed by atoms with E-state index in [0.717, 1.165) is 36.9 Å². The summed E-state index contributed by atoms with van der Waals surface area (Å²) in [6.45, 7) is 8.84. The molecule has 0 spiro atoms. The van der Waals surface area contributed by atoms with E-state index < -0.39 is 0 Å². The van der Waals surface area contributed by atoms with Gasteiger partial charge >= 0.3 is 0 Å². The lowest BCUT2D eigenvalue weighted by molar-refractivity contribution is 0.238. The number of halogens is 1. The van der Waals surface area contributed by atoms with Crippen molar-refractivity contribution in [2.75, 3.05) is 20.6 Å². The molecule has 6 nitrogen and oxygen atoms in total. The third kappa shape index (κ3) is 8.18. The van der Waals surface area contributed by atoms with Crippen molar-refractivity contribution < 1.29 is 4.52 Å². The van der Waals surface area contributed by atoms with Crippen molar-refractivity contribution >= 4 is 29.9 Å². The summed E-state index contributed by atoms with van der Waals surface area (Å²) in [5.41, 5.74) is 2.31. The van der Waals surface area contributed by atoms with Crippen LogP contribution in [0.1, 0.15) is 50.1 Å². The lowest BCUT2D eigenvalue weighted by atomic mass is 10.1. The Balaban J connectivity index is 0.00000392. The van der Waals surface area contributed by atoms with Crippen molar-refractivity contribution in [1.29, 1.82) is 0 Å². The quantitative estimate of drug-likeness (QED) is 0.310. The van der Waals surface area contributed by atoms with Crippen LogP contribution in [0.3, 0.4) is 0 Å². The van der Waals surface area contributed by atoms with Crippen molar-refractivity contribution in [2.45, 2.75) is 52.2 Å². The highest BCUT2D eigenvalue weighted by Crippen LogP contribution is 2.13. The Labute approximate surface area is 186 Å². The number of hydrogen-bond donors (Lipinski definition) is 2. The molecule has 7 heteroatoms. The molecule has 0 radical (unpaired) electrons. The van der Waals surface area contributed by atoms with Crippen LogP contribution >= 0.6 is 24.0 Å². The zero-order valence-corrected chi connectivity index (χ0v) is 19.9. The van der Waals surface area contributed by atoms with Crippen LogP contribution in [0, 0.1) is 0 Å². The van der Waals surface area contributed by atoms with Gasteiger partial charge in [0.1, 0.15) is 0 Å². The summed E-state index contributed by atoms with van der Waals surface area (Å²) in [4.78, 5) is 6.64. The number of benzene rings is 1. The molecular formula is C21H34IN5O. The van der Waals surface area contributed by atoms with Gasteiger partial charge in [-0.05, 0) is 31.9 Å². The molecule has 0 aliphatic rings. The number of aliphatic imine (C=N–C) groups is 1. The van der Waals surface area contributed by atoms with Crippen LogP contribution in [0.5, 0.6) is 0 Å². The van der Waals surface area contributed by atoms with Gasteiger partial charge in [-0.25, -0.2) is 0 Å². The third-order valence-electron chi connectivity index (χ3n) is 4.70. The van der Waals surface area contributed by atoms with Crippen LogP contribution in [-0.4, -0.2) is 42.7 Å². The van der Waals surface area contributed by atoms with Gasteiger partial charge in [-0.15, -0.1) is 24.0 Å². The monoisotopic (exact) mass is 499 g/mol. The zero-order chi connectivity index (χ0) is 19.6. The summed E-state index contributed by atoms with van der Waals surface area (Å²) >= 11 is 0. The third-order valence-corrected chi connectivity index (χ3v) is 4.70. The molecule has 0 fully saturated rings. The van der Waals surface area contributed by atoms with Crippen LogP contribution in [0.4, 0.5) is 0 Å². The van der Waals surface area contributed by atoms with E-state index in [2.05, 4.69) is 83.8 Å². The molecule has 0 aliphatic carbocycles. The molecule has 0 bridgehead atoms. The second-order valence-electron chi connectivity index (χ2n) is 7.26. The van der Waals surface area contributed by atoms with Crippen LogP contribution < -0.4 is 10.6 Å². The fourth-order valence-electron chi connectivity index (χ4n) is 2.72. The second-order valence-corrected chi connectivity index (χ2v) is 7.26. The molecule has 1 aromatic heterocycles. The van der Waals surface area contributed by atoms with Crippen molar-refractivity contribution in [1.82, 2.24) is 20.7 Å². The SMILES string of the molecule is CN=C(NCCC(C)N(C)Cc1ccccc1)NCc1cc(C(C)C)no1.I. The first kappa shape index (κ1) is 24.4. The summed E-state index contributed by atoms with van der Waals surface area (Å²) in [5.74, 6) is 1.96. The molecule has 1 unspecified atom stereocenters. The highest BCUT2D eigenvalue weighted by atomic mass is 127. The van der Waals surface area contributed by atoms with E-state index in [1.807, 2.05) is 6.07 Å². The summed E-state index contributed by atoms with van der Waals surface area (Å²) in [6, 6.07) is 13.0. The first-order valence-corrected chi connectivity index (χ1v) is 9.63. The number of hydrogen-bond acceptors (Lipinski definition) is 4. The molecule has 2 rings (SSSR count). The Kier molecular flexibility index (Phi) is 11.1. The van der Waals surface area contributed by atoms with Gasteiger partial charge in [-0.1, -0.05) is 49.3 Å². The van der Waals surface area contributed by atoms with Gasteiger partial charge in [0, 0.05) is 32.2 Å². The molecule has 2 aromatic rings. The summed E-state index contributed by atoms with van der Waals surface area (Å²) in [6.07, 6.45) is 1.03. The van der Waals surface area contributed by atoms with E-state index in [1.54, 1.807) is 7.05 Å². The van der Waals surface area contributed by atoms with Crippen LogP contribution in [-0.2, 0) is 13.1 Å². The standard InChI is InChI=1S/C21H33N5O.HI/c1-16(2)20-13-19(27-25-20)14-24-21(22-4)23-12-11-17(3)26(5)15-18-9-7-6-8-10-18;/h6-10,13,16-17H,11-12,14-15H2,1-5H3,(H2,22,23,24);1H. The van der Waals surface area contributed by atoms with Crippen LogP contribution in [0.15, 0.2) is 45.9 Å². The maximum Gasteiger partial charge on any atom is 0.191 e. The van der Waals surface area contributed by atoms with E-state index in [4.69, 9.17) is 4.52 Å². The maximum absolute atomic E-state index is 5.35. The highest BCUT2D eigenvalue weighted by Gasteiger charge is 2.11. The Bertz CT molecular complexity index is 702. The Morgan fingerprint density at radius 1 is 1.18 bits per heavy atom. The second kappa shape index (κ2) is 12.8. The largest absolute Gasteiger partial charge is 0.359 e. The van der Waals surface area contributed by atoms with Gasteiger partial charge < -0.3 is 15.2 Å². The predicted octanol–water partition coefficient (Wildman–Crippen LogP) is 3.99. The van der Waals surface area contributed by atoms with Gasteiger partial charge in [0.05, 0.1) is 12.2 Å². The highest BCUT2D eigenvalue weighted by molar-refractivity contribution is 14.0. The molecule has 1 atom stereocenters. The summed E-state index contributed by atoms with van der Waals surface area (Å²) < 4.78 is 5.35. The van der Waals surface area contributed by atoms with Gasteiger partial charge in [0.15, 0.2) is 11.7 Å². The van der Waals surface area contributed by atoms with Crippen molar-refractivity contribution in [3.8, 4) is 0 Å². The number of aromatic nitrogens is 1. The smallest absolute Gasteiger partial charge is 0.191 e. The molecule has 1 heterocycles. The number of nitrogens with zero attached hydrogens (tertiary/aromatic N) is 3. The van der Waals surface area contributed by atoms with E-state index >= 15 is 0 Å². The van der Waals surface area contributed by atoms with E-state index in [1.165, 1.54) is 5.56 Å². The molecule has 1 aromatic carbocycles. The molecule has 0 aliphatic heterocycles. The number of nitrogens with one attached hydrogen (secondary N) is 2. The molecular weight excluding hydrogens is 465 g/mol. The lowest BCUT2D eigenvalue weighted by Gasteiger charge is -2.25. The minimum Gasteiger partial charge on any atom is -0.359 e. The van der Waals surface area contributed by atoms with Gasteiger partial charge in [0.2, 0.25) is 0 Å². The van der Waals surface area contributed by atoms with Crippen molar-refractivity contribution in [2.24, 2.45) is 4.99 Å². The predicted molar refractivity (Wildman–Crippen MR) is 126 cm³/mol. The normalized spacial score (nSPS) is 12.8. The minimum absolute atomic E-state index is 0. The van der Waals surface area contributed by atoms with Gasteiger partial charge in [-0.3, -0.25) is 9.89 Å². The average molecular weight is 499 g/mol. The van der Waals surface area contributed by atoms with Crippen molar-refractivity contribution in [3.05, 3.63) is 53.4 Å². The number of rotatable bonds is 9. The van der Waals surface area contributed by atoms with Gasteiger partial charge in [-0.2, -0.15) is 0 Å². The fraction of sp³-hybridized carbons (Fsp3) is 0.524. The first-order chi connectivity index (χ1) is 13.0. The minimum atomic E-state index is 0. The fourth-order valence-corrected chi connectivity index (χ4v) is 2.72. The molecule has 2 N–H and O–H groups in total. The molecule has 0 saturated carbocycles. The molecule has 0 saturated heterocycles. The topological polar surface area (TPSA) is 65.7 Å². The van der Waals surface area contributed by atoms with E-state index in [0.29, 0.717) is 18.5 Å². The van der Waals surface area contributed by atoms with E-state index in [-0.39, 0.29) is 24.0 Å². The van der Waals surface area contributed by atoms with Crippen LogP contribution in [0.25, 0.3) is 0 Å². The summed E-state index contributed by atoms with van der Waals surface area (Å²) in [7, 11) is 3.95. The van der Waals surface area contributed by atoms with Crippen molar-refractivity contribution in [3.63, 3.8) is 0 Å². The first-order valence-electron chi connectivity index (χ1n) is 9.63.